The molecular weight excluding hydrogens is 387 g/mol. The number of hydrogen-bond acceptors (Lipinski definition) is 4. The van der Waals surface area contributed by atoms with Crippen molar-refractivity contribution in [1.82, 2.24) is 9.80 Å². The third-order valence-corrected chi connectivity index (χ3v) is 4.98. The van der Waals surface area contributed by atoms with E-state index in [0.29, 0.717) is 25.8 Å². The van der Waals surface area contributed by atoms with E-state index in [9.17, 15) is 9.18 Å². The third kappa shape index (κ3) is 4.38. The summed E-state index contributed by atoms with van der Waals surface area (Å²) in [7, 11) is 3.97. The largest absolute Gasteiger partial charge is 0.309 e. The van der Waals surface area contributed by atoms with Gasteiger partial charge in [-0.15, -0.1) is 0 Å². The Hall–Kier alpha value is -0.760. The maximum atomic E-state index is 13.9. The quantitative estimate of drug-likeness (QED) is 0.552. The van der Waals surface area contributed by atoms with Gasteiger partial charge < -0.3 is 4.90 Å². The van der Waals surface area contributed by atoms with E-state index in [-0.39, 0.29) is 11.7 Å². The summed E-state index contributed by atoms with van der Waals surface area (Å²) < 4.78 is 15.1. The molecule has 3 nitrogen and oxygen atoms in total. The molecule has 0 N–H and O–H groups in total. The number of nitrogens with zero attached hydrogens (tertiary/aromatic N) is 2. The van der Waals surface area contributed by atoms with Gasteiger partial charge in [0.2, 0.25) is 0 Å². The van der Waals surface area contributed by atoms with E-state index >= 15 is 0 Å². The lowest BCUT2D eigenvalue weighted by Crippen LogP contribution is -2.30. The first-order chi connectivity index (χ1) is 10.4. The fourth-order valence-electron chi connectivity index (χ4n) is 2.00. The number of thiocarbonyl (C=S) groups is 1. The van der Waals surface area contributed by atoms with Crippen LogP contribution in [0.3, 0.4) is 0 Å². The zero-order valence-corrected chi connectivity index (χ0v) is 15.5. The van der Waals surface area contributed by atoms with E-state index in [1.54, 1.807) is 23.1 Å². The van der Waals surface area contributed by atoms with Gasteiger partial charge in [0.05, 0.1) is 4.91 Å². The summed E-state index contributed by atoms with van der Waals surface area (Å²) in [5.74, 6) is -0.511. The normalized spacial score (nSPS) is 17.1. The van der Waals surface area contributed by atoms with Gasteiger partial charge in [-0.3, -0.25) is 9.69 Å². The zero-order chi connectivity index (χ0) is 16.3. The van der Waals surface area contributed by atoms with Crippen LogP contribution < -0.4 is 0 Å². The maximum Gasteiger partial charge on any atom is 0.266 e. The van der Waals surface area contributed by atoms with Crippen LogP contribution in [0.2, 0.25) is 0 Å². The van der Waals surface area contributed by atoms with E-state index < -0.39 is 0 Å². The van der Waals surface area contributed by atoms with Gasteiger partial charge in [-0.05, 0) is 45.3 Å². The predicted octanol–water partition coefficient (Wildman–Crippen LogP) is 3.74. The fraction of sp³-hybridized carbons (Fsp3) is 0.333. The molecule has 118 valence electrons. The van der Waals surface area contributed by atoms with Crippen molar-refractivity contribution in [1.29, 1.82) is 0 Å². The van der Waals surface area contributed by atoms with Crippen molar-refractivity contribution in [3.63, 3.8) is 0 Å². The molecule has 1 fully saturated rings. The number of halogens is 2. The Bertz CT molecular complexity index is 634. The second-order valence-electron chi connectivity index (χ2n) is 5.16. The molecule has 2 rings (SSSR count). The minimum Gasteiger partial charge on any atom is -0.309 e. The van der Waals surface area contributed by atoms with Gasteiger partial charge >= 0.3 is 0 Å². The predicted molar refractivity (Wildman–Crippen MR) is 97.2 cm³/mol. The second-order valence-corrected chi connectivity index (χ2v) is 7.75. The van der Waals surface area contributed by atoms with Crippen LogP contribution in [0.15, 0.2) is 27.6 Å². The molecule has 7 heteroatoms. The smallest absolute Gasteiger partial charge is 0.266 e. The average Bonchev–Trinajstić information content (AvgIpc) is 2.69. The minimum atomic E-state index is -0.368. The summed E-state index contributed by atoms with van der Waals surface area (Å²) in [6.07, 6.45) is 2.41. The highest BCUT2D eigenvalue weighted by atomic mass is 79.9. The lowest BCUT2D eigenvalue weighted by Gasteiger charge is -2.16. The van der Waals surface area contributed by atoms with Crippen LogP contribution in [0.4, 0.5) is 4.39 Å². The first-order valence-corrected chi connectivity index (χ1v) is 8.75. The first kappa shape index (κ1) is 17.6. The molecule has 0 aliphatic carbocycles. The average molecular weight is 403 g/mol. The topological polar surface area (TPSA) is 23.6 Å². The molecule has 1 aliphatic heterocycles. The molecule has 0 aromatic heterocycles. The molecule has 1 aromatic carbocycles. The number of carbonyl (C=O) groups excluding carboxylic acids is 1. The van der Waals surface area contributed by atoms with Crippen molar-refractivity contribution >= 4 is 56.2 Å². The molecule has 1 amide bonds. The number of benzene rings is 1. The van der Waals surface area contributed by atoms with Crippen molar-refractivity contribution in [3.05, 3.63) is 39.0 Å². The number of amides is 1. The van der Waals surface area contributed by atoms with Crippen LogP contribution in [0, 0.1) is 5.82 Å². The van der Waals surface area contributed by atoms with Gasteiger partial charge in [0.1, 0.15) is 10.1 Å². The molecule has 0 saturated carbocycles. The van der Waals surface area contributed by atoms with Crippen LogP contribution in [-0.4, -0.2) is 47.2 Å². The van der Waals surface area contributed by atoms with E-state index in [0.717, 1.165) is 13.0 Å². The summed E-state index contributed by atoms with van der Waals surface area (Å²) in [4.78, 5) is 16.5. The summed E-state index contributed by atoms with van der Waals surface area (Å²) in [5, 5.41) is 0. The molecule has 0 radical (unpaired) electrons. The molecule has 1 aromatic rings. The molecule has 0 unspecified atom stereocenters. The van der Waals surface area contributed by atoms with E-state index in [2.05, 4.69) is 20.8 Å². The fourth-order valence-corrected chi connectivity index (χ4v) is 3.63. The molecule has 1 saturated heterocycles. The van der Waals surface area contributed by atoms with E-state index in [1.165, 1.54) is 17.8 Å². The Morgan fingerprint density at radius 2 is 2.18 bits per heavy atom. The SMILES string of the molecule is CN(C)CCCN1C(=O)C(=Cc2ccc(Br)cc2F)SC1=S. The molecule has 1 heterocycles. The number of rotatable bonds is 5. The summed E-state index contributed by atoms with van der Waals surface area (Å²) in [6, 6.07) is 4.76. The summed E-state index contributed by atoms with van der Waals surface area (Å²) in [5.41, 5.74) is 0.386. The van der Waals surface area contributed by atoms with Crippen molar-refractivity contribution in [3.8, 4) is 0 Å². The van der Waals surface area contributed by atoms with Gasteiger partial charge in [0.15, 0.2) is 0 Å². The number of carbonyl (C=O) groups is 1. The van der Waals surface area contributed by atoms with Crippen LogP contribution in [0.25, 0.3) is 6.08 Å². The third-order valence-electron chi connectivity index (χ3n) is 3.11. The molecular formula is C15H16BrFN2OS2. The monoisotopic (exact) mass is 402 g/mol. The van der Waals surface area contributed by atoms with E-state index in [4.69, 9.17) is 12.2 Å². The Morgan fingerprint density at radius 1 is 1.45 bits per heavy atom. The van der Waals surface area contributed by atoms with Crippen molar-refractivity contribution < 1.29 is 9.18 Å². The van der Waals surface area contributed by atoms with Gasteiger partial charge in [0.25, 0.3) is 5.91 Å². The second kappa shape index (κ2) is 7.68. The summed E-state index contributed by atoms with van der Waals surface area (Å²) in [6.45, 7) is 1.47. The van der Waals surface area contributed by atoms with Gasteiger partial charge in [0, 0.05) is 16.6 Å². The van der Waals surface area contributed by atoms with Crippen LogP contribution in [-0.2, 0) is 4.79 Å². The summed E-state index contributed by atoms with van der Waals surface area (Å²) >= 11 is 9.70. The number of thioether (sulfide) groups is 1. The van der Waals surface area contributed by atoms with Crippen LogP contribution in [0.1, 0.15) is 12.0 Å². The highest BCUT2D eigenvalue weighted by Crippen LogP contribution is 2.33. The van der Waals surface area contributed by atoms with Gasteiger partial charge in [-0.25, -0.2) is 4.39 Å². The first-order valence-electron chi connectivity index (χ1n) is 6.73. The van der Waals surface area contributed by atoms with Gasteiger partial charge in [-0.2, -0.15) is 0 Å². The Morgan fingerprint density at radius 3 is 2.82 bits per heavy atom. The Kier molecular flexibility index (Phi) is 6.14. The highest BCUT2D eigenvalue weighted by Gasteiger charge is 2.31. The lowest BCUT2D eigenvalue weighted by atomic mass is 10.2. The minimum absolute atomic E-state index is 0.143. The van der Waals surface area contributed by atoms with E-state index in [1.807, 2.05) is 14.1 Å². The van der Waals surface area contributed by atoms with Crippen LogP contribution in [0.5, 0.6) is 0 Å². The molecule has 0 spiro atoms. The number of hydrogen-bond donors (Lipinski definition) is 0. The molecule has 0 bridgehead atoms. The Labute approximate surface area is 147 Å². The van der Waals surface area contributed by atoms with Crippen molar-refractivity contribution in [2.75, 3.05) is 27.2 Å². The molecule has 22 heavy (non-hydrogen) atoms. The standard InChI is InChI=1S/C15H16BrFN2OS2/c1-18(2)6-3-7-19-14(20)13(22-15(19)21)8-10-4-5-11(16)9-12(10)17/h4-5,8-9H,3,6-7H2,1-2H3. The molecule has 1 aliphatic rings. The van der Waals surface area contributed by atoms with Crippen molar-refractivity contribution in [2.45, 2.75) is 6.42 Å². The maximum absolute atomic E-state index is 13.9. The Balaban J connectivity index is 2.11. The lowest BCUT2D eigenvalue weighted by molar-refractivity contribution is -0.122. The van der Waals surface area contributed by atoms with Crippen molar-refractivity contribution in [2.24, 2.45) is 0 Å². The highest BCUT2D eigenvalue weighted by molar-refractivity contribution is 9.10. The van der Waals surface area contributed by atoms with Gasteiger partial charge in [-0.1, -0.05) is 46.0 Å². The molecule has 0 atom stereocenters. The van der Waals surface area contributed by atoms with Crippen LogP contribution >= 0.6 is 39.9 Å². The zero-order valence-electron chi connectivity index (χ0n) is 12.3.